The summed E-state index contributed by atoms with van der Waals surface area (Å²) in [7, 11) is 3.08. The number of carbonyl (C=O) groups is 1. The van der Waals surface area contributed by atoms with Crippen molar-refractivity contribution in [3.8, 4) is 11.5 Å². The van der Waals surface area contributed by atoms with E-state index in [2.05, 4.69) is 0 Å². The molecule has 0 saturated heterocycles. The van der Waals surface area contributed by atoms with Crippen LogP contribution in [0.5, 0.6) is 11.5 Å². The molecule has 0 saturated carbocycles. The maximum absolute atomic E-state index is 11.6. The number of benzene rings is 2. The van der Waals surface area contributed by atoms with Gasteiger partial charge in [0.15, 0.2) is 0 Å². The minimum absolute atomic E-state index is 0.142. The van der Waals surface area contributed by atoms with Gasteiger partial charge in [0.25, 0.3) is 0 Å². The quantitative estimate of drug-likeness (QED) is 0.669. The second-order valence-corrected chi connectivity index (χ2v) is 4.91. The highest BCUT2D eigenvalue weighted by atomic mass is 35.5. The first-order valence-corrected chi connectivity index (χ1v) is 6.86. The van der Waals surface area contributed by atoms with E-state index in [9.17, 15) is 9.90 Å². The van der Waals surface area contributed by atoms with E-state index in [1.54, 1.807) is 49.6 Å². The fraction of sp³-hybridized carbons (Fsp3) is 0.118. The van der Waals surface area contributed by atoms with Gasteiger partial charge in [-0.25, -0.2) is 4.79 Å². The molecule has 0 spiro atoms. The van der Waals surface area contributed by atoms with Crippen molar-refractivity contribution in [3.05, 3.63) is 58.6 Å². The molecule has 22 heavy (non-hydrogen) atoms. The molecule has 1 N–H and O–H groups in total. The van der Waals surface area contributed by atoms with Crippen LogP contribution in [0.4, 0.5) is 0 Å². The van der Waals surface area contributed by atoms with E-state index in [0.717, 1.165) is 0 Å². The van der Waals surface area contributed by atoms with Crippen LogP contribution in [-0.4, -0.2) is 25.3 Å². The molecule has 2 rings (SSSR count). The standard InChI is InChI=1S/C17H15ClO4/c1-21-14-6-3-11(4-7-14)15(17(19)20)10-12-9-13(18)5-8-16(12)22-2/h3-10H,1-2H3,(H,19,20)/b15-10-. The first-order chi connectivity index (χ1) is 10.5. The van der Waals surface area contributed by atoms with Crippen LogP contribution in [0.2, 0.25) is 5.02 Å². The van der Waals surface area contributed by atoms with Crippen LogP contribution < -0.4 is 9.47 Å². The van der Waals surface area contributed by atoms with E-state index in [-0.39, 0.29) is 5.57 Å². The Morgan fingerprint density at radius 3 is 2.32 bits per heavy atom. The molecule has 0 heterocycles. The monoisotopic (exact) mass is 318 g/mol. The van der Waals surface area contributed by atoms with Crippen molar-refractivity contribution >= 4 is 29.2 Å². The Morgan fingerprint density at radius 1 is 1.09 bits per heavy atom. The van der Waals surface area contributed by atoms with Crippen LogP contribution in [-0.2, 0) is 4.79 Å². The summed E-state index contributed by atoms with van der Waals surface area (Å²) in [6.45, 7) is 0. The van der Waals surface area contributed by atoms with E-state index >= 15 is 0 Å². The zero-order valence-electron chi connectivity index (χ0n) is 12.2. The lowest BCUT2D eigenvalue weighted by Crippen LogP contribution is -2.00. The highest BCUT2D eigenvalue weighted by Gasteiger charge is 2.12. The van der Waals surface area contributed by atoms with E-state index in [1.165, 1.54) is 13.2 Å². The Hall–Kier alpha value is -2.46. The molecule has 5 heteroatoms. The van der Waals surface area contributed by atoms with Gasteiger partial charge in [0.05, 0.1) is 19.8 Å². The van der Waals surface area contributed by atoms with Crippen molar-refractivity contribution < 1.29 is 19.4 Å². The van der Waals surface area contributed by atoms with Gasteiger partial charge >= 0.3 is 5.97 Å². The maximum Gasteiger partial charge on any atom is 0.336 e. The molecule has 0 atom stereocenters. The second kappa shape index (κ2) is 7.00. The van der Waals surface area contributed by atoms with Gasteiger partial charge in [-0.15, -0.1) is 0 Å². The minimum atomic E-state index is -1.04. The topological polar surface area (TPSA) is 55.8 Å². The number of carboxylic acid groups (broad SMARTS) is 1. The highest BCUT2D eigenvalue weighted by molar-refractivity contribution is 6.31. The fourth-order valence-electron chi connectivity index (χ4n) is 2.01. The molecule has 0 aliphatic rings. The van der Waals surface area contributed by atoms with Gasteiger partial charge in [-0.05, 0) is 42.0 Å². The van der Waals surface area contributed by atoms with E-state index < -0.39 is 5.97 Å². The third-order valence-electron chi connectivity index (χ3n) is 3.12. The number of hydrogen-bond acceptors (Lipinski definition) is 3. The predicted molar refractivity (Wildman–Crippen MR) is 86.5 cm³/mol. The third-order valence-corrected chi connectivity index (χ3v) is 3.36. The smallest absolute Gasteiger partial charge is 0.336 e. The lowest BCUT2D eigenvalue weighted by atomic mass is 10.0. The summed E-state index contributed by atoms with van der Waals surface area (Å²) in [4.78, 5) is 11.6. The van der Waals surface area contributed by atoms with Crippen LogP contribution in [0.15, 0.2) is 42.5 Å². The first kappa shape index (κ1) is 15.9. The predicted octanol–water partition coefficient (Wildman–Crippen LogP) is 3.98. The summed E-state index contributed by atoms with van der Waals surface area (Å²) in [6.07, 6.45) is 1.54. The van der Waals surface area contributed by atoms with Crippen molar-refractivity contribution in [2.45, 2.75) is 0 Å². The summed E-state index contributed by atoms with van der Waals surface area (Å²) in [5.41, 5.74) is 1.31. The van der Waals surface area contributed by atoms with E-state index in [4.69, 9.17) is 21.1 Å². The van der Waals surface area contributed by atoms with E-state index in [0.29, 0.717) is 27.6 Å². The largest absolute Gasteiger partial charge is 0.497 e. The zero-order valence-corrected chi connectivity index (χ0v) is 12.9. The van der Waals surface area contributed by atoms with Gasteiger partial charge < -0.3 is 14.6 Å². The van der Waals surface area contributed by atoms with Gasteiger partial charge in [0.2, 0.25) is 0 Å². The molecule has 0 aliphatic heterocycles. The van der Waals surface area contributed by atoms with Crippen molar-refractivity contribution in [2.24, 2.45) is 0 Å². The normalized spacial score (nSPS) is 11.1. The second-order valence-electron chi connectivity index (χ2n) is 4.48. The number of methoxy groups -OCH3 is 2. The van der Waals surface area contributed by atoms with Crippen LogP contribution in [0.1, 0.15) is 11.1 Å². The van der Waals surface area contributed by atoms with Crippen LogP contribution >= 0.6 is 11.6 Å². The summed E-state index contributed by atoms with van der Waals surface area (Å²) in [6, 6.07) is 11.8. The Labute approximate surface area is 133 Å². The molecular weight excluding hydrogens is 304 g/mol. The lowest BCUT2D eigenvalue weighted by Gasteiger charge is -2.08. The maximum atomic E-state index is 11.6. The molecule has 2 aromatic rings. The SMILES string of the molecule is COc1ccc(/C(=C/c2cc(Cl)ccc2OC)C(=O)O)cc1. The molecule has 0 aromatic heterocycles. The van der Waals surface area contributed by atoms with Crippen molar-refractivity contribution in [3.63, 3.8) is 0 Å². The van der Waals surface area contributed by atoms with Crippen molar-refractivity contribution in [1.82, 2.24) is 0 Å². The number of carboxylic acids is 1. The Morgan fingerprint density at radius 2 is 1.77 bits per heavy atom. The van der Waals surface area contributed by atoms with Gasteiger partial charge in [-0.2, -0.15) is 0 Å². The average Bonchev–Trinajstić information content (AvgIpc) is 2.52. The zero-order chi connectivity index (χ0) is 16.1. The highest BCUT2D eigenvalue weighted by Crippen LogP contribution is 2.28. The molecule has 4 nitrogen and oxygen atoms in total. The van der Waals surface area contributed by atoms with Crippen LogP contribution in [0, 0.1) is 0 Å². The van der Waals surface area contributed by atoms with Gasteiger partial charge in [0, 0.05) is 10.6 Å². The number of ether oxygens (including phenoxy) is 2. The lowest BCUT2D eigenvalue weighted by molar-refractivity contribution is -0.130. The molecule has 0 fully saturated rings. The first-order valence-electron chi connectivity index (χ1n) is 6.48. The number of rotatable bonds is 5. The Kier molecular flexibility index (Phi) is 5.07. The molecule has 0 aliphatic carbocycles. The van der Waals surface area contributed by atoms with Gasteiger partial charge in [-0.3, -0.25) is 0 Å². The van der Waals surface area contributed by atoms with Gasteiger partial charge in [0.1, 0.15) is 11.5 Å². The molecular formula is C17H15ClO4. The molecule has 0 radical (unpaired) electrons. The summed E-state index contributed by atoms with van der Waals surface area (Å²) in [5, 5.41) is 9.98. The molecule has 0 bridgehead atoms. The average molecular weight is 319 g/mol. The van der Waals surface area contributed by atoms with Crippen molar-refractivity contribution in [2.75, 3.05) is 14.2 Å². The van der Waals surface area contributed by atoms with Crippen LogP contribution in [0.25, 0.3) is 11.6 Å². The Balaban J connectivity index is 2.51. The number of hydrogen-bond donors (Lipinski definition) is 1. The molecule has 2 aromatic carbocycles. The third kappa shape index (κ3) is 3.59. The van der Waals surface area contributed by atoms with Crippen LogP contribution in [0.3, 0.4) is 0 Å². The van der Waals surface area contributed by atoms with Crippen molar-refractivity contribution in [1.29, 1.82) is 0 Å². The van der Waals surface area contributed by atoms with Gasteiger partial charge in [-0.1, -0.05) is 23.7 Å². The summed E-state index contributed by atoms with van der Waals surface area (Å²) < 4.78 is 10.3. The molecule has 0 unspecified atom stereocenters. The van der Waals surface area contributed by atoms with E-state index in [1.807, 2.05) is 0 Å². The molecule has 114 valence electrons. The number of halogens is 1. The fourth-order valence-corrected chi connectivity index (χ4v) is 2.19. The summed E-state index contributed by atoms with van der Waals surface area (Å²) >= 11 is 5.97. The number of aliphatic carboxylic acids is 1. The summed E-state index contributed by atoms with van der Waals surface area (Å²) in [5.74, 6) is 0.178. The Bertz CT molecular complexity index is 705. The molecule has 0 amide bonds. The minimum Gasteiger partial charge on any atom is -0.497 e.